The van der Waals surface area contributed by atoms with Crippen LogP contribution < -0.4 is 0 Å². The lowest BCUT2D eigenvalue weighted by Gasteiger charge is -2.41. The van der Waals surface area contributed by atoms with Gasteiger partial charge in [-0.25, -0.2) is 4.18 Å². The molecule has 1 fully saturated rings. The molecule has 4 N–H and O–H groups in total. The number of esters is 1. The monoisotopic (exact) mass is 981 g/mol. The molecule has 0 radical (unpaired) electrons. The molecule has 0 aromatic heterocycles. The van der Waals surface area contributed by atoms with Crippen LogP contribution in [0.5, 0.6) is 0 Å². The van der Waals surface area contributed by atoms with Gasteiger partial charge in [0.05, 0.1) is 19.8 Å². The zero-order valence-electron chi connectivity index (χ0n) is 42.4. The molecule has 0 spiro atoms. The molecule has 6 atom stereocenters. The Bertz CT molecular complexity index is 1460. The summed E-state index contributed by atoms with van der Waals surface area (Å²) >= 11 is 0. The maximum atomic E-state index is 12.9. The minimum Gasteiger partial charge on any atom is -0.457 e. The minimum absolute atomic E-state index is 0.0241. The first-order valence-corrected chi connectivity index (χ1v) is 28.1. The first-order valence-electron chi connectivity index (χ1n) is 26.7. The molecule has 12 nitrogen and oxygen atoms in total. The van der Waals surface area contributed by atoms with E-state index in [0.717, 1.165) is 83.5 Å². The minimum atomic E-state index is -5.07. The van der Waals surface area contributed by atoms with Crippen molar-refractivity contribution in [2.24, 2.45) is 0 Å². The maximum Gasteiger partial charge on any atom is 0.397 e. The normalized spacial score (nSPS) is 19.9. The van der Waals surface area contributed by atoms with E-state index in [2.05, 4.69) is 90.9 Å². The Balaban J connectivity index is 2.37. The van der Waals surface area contributed by atoms with Crippen molar-refractivity contribution in [3.8, 4) is 0 Å². The molecule has 0 bridgehead atoms. The average molecular weight is 981 g/mol. The summed E-state index contributed by atoms with van der Waals surface area (Å²) in [5, 5.41) is 30.8. The van der Waals surface area contributed by atoms with Crippen LogP contribution in [0.1, 0.15) is 206 Å². The summed E-state index contributed by atoms with van der Waals surface area (Å²) in [6, 6.07) is 0. The lowest BCUT2D eigenvalue weighted by Crippen LogP contribution is -2.60. The zero-order valence-corrected chi connectivity index (χ0v) is 43.2. The van der Waals surface area contributed by atoms with Crippen LogP contribution in [0.3, 0.4) is 0 Å². The van der Waals surface area contributed by atoms with Crippen LogP contribution >= 0.6 is 0 Å². The van der Waals surface area contributed by atoms with Crippen LogP contribution in [0, 0.1) is 0 Å². The number of hydrogen-bond donors (Lipinski definition) is 4. The van der Waals surface area contributed by atoms with Gasteiger partial charge in [-0.1, -0.05) is 189 Å². The number of carbonyl (C=O) groups is 1. The van der Waals surface area contributed by atoms with Gasteiger partial charge in [-0.2, -0.15) is 8.42 Å². The smallest absolute Gasteiger partial charge is 0.397 e. The summed E-state index contributed by atoms with van der Waals surface area (Å²) in [5.74, 6) is -0.419. The molecular formula is C55H96O12S. The van der Waals surface area contributed by atoms with Gasteiger partial charge in [0.25, 0.3) is 0 Å². The van der Waals surface area contributed by atoms with Gasteiger partial charge in [0, 0.05) is 13.0 Å². The summed E-state index contributed by atoms with van der Waals surface area (Å²) in [5.41, 5.74) is 0. The molecule has 0 aliphatic carbocycles. The number of hydrogen-bond acceptors (Lipinski definition) is 11. The fourth-order valence-electron chi connectivity index (χ4n) is 7.81. The fraction of sp³-hybridized carbons (Fsp3) is 0.764. The third-order valence-electron chi connectivity index (χ3n) is 11.8. The predicted molar refractivity (Wildman–Crippen MR) is 276 cm³/mol. The Labute approximate surface area is 413 Å². The molecule has 0 amide bonds. The summed E-state index contributed by atoms with van der Waals surface area (Å²) in [7, 11) is -5.07. The van der Waals surface area contributed by atoms with Gasteiger partial charge in [0.2, 0.25) is 0 Å². The van der Waals surface area contributed by atoms with Crippen molar-refractivity contribution in [2.75, 3.05) is 26.4 Å². The van der Waals surface area contributed by atoms with Crippen molar-refractivity contribution >= 4 is 16.4 Å². The Kier molecular flexibility index (Phi) is 42.7. The maximum absolute atomic E-state index is 12.9. The second-order valence-corrected chi connectivity index (χ2v) is 19.1. The van der Waals surface area contributed by atoms with Crippen LogP contribution in [0.25, 0.3) is 0 Å². The highest BCUT2D eigenvalue weighted by Gasteiger charge is 2.48. The molecular weight excluding hydrogens is 885 g/mol. The molecule has 1 saturated heterocycles. The summed E-state index contributed by atoms with van der Waals surface area (Å²) in [4.78, 5) is 12.9. The molecule has 0 aromatic rings. The molecule has 394 valence electrons. The first-order chi connectivity index (χ1) is 33.1. The van der Waals surface area contributed by atoms with Gasteiger partial charge in [0.15, 0.2) is 6.29 Å². The van der Waals surface area contributed by atoms with Gasteiger partial charge in [-0.05, 0) is 83.5 Å². The predicted octanol–water partition coefficient (Wildman–Crippen LogP) is 12.6. The molecule has 68 heavy (non-hydrogen) atoms. The summed E-state index contributed by atoms with van der Waals surface area (Å²) < 4.78 is 59.3. The van der Waals surface area contributed by atoms with E-state index in [-0.39, 0.29) is 19.6 Å². The standard InChI is InChI=1S/C55H96O12S/c1-3-5-7-9-11-13-15-17-19-21-23-25-26-28-30-32-34-36-38-40-42-44-51(57)65-49(48-64-55-53(59)54(67-68(60,61)62)52(58)50(46-56)66-55)47-63-45-43-41-39-37-35-33-31-29-27-24-22-20-18-16-14-12-10-8-6-4-2/h5,7,11,13,17-20,23,25,28,30,49-50,52-56,58-59H,3-4,6,8-10,12,14-16,21-22,24,26-27,29,31-48H2,1-2H3,(H,60,61,62)/b7-5-,13-11-,19-17-,20-18-,25-23-,30-28-. The summed E-state index contributed by atoms with van der Waals surface area (Å²) in [6.45, 7) is 3.86. The van der Waals surface area contributed by atoms with Crippen LogP contribution in [0.15, 0.2) is 72.9 Å². The topological polar surface area (TPSA) is 178 Å². The van der Waals surface area contributed by atoms with E-state index in [4.69, 9.17) is 18.9 Å². The second kappa shape index (κ2) is 45.7. The number of rotatable bonds is 46. The second-order valence-electron chi connectivity index (χ2n) is 18.1. The Morgan fingerprint density at radius 3 is 1.50 bits per heavy atom. The molecule has 0 aromatic carbocycles. The van der Waals surface area contributed by atoms with Gasteiger partial charge < -0.3 is 34.3 Å². The number of carbonyl (C=O) groups excluding carboxylic acids is 1. The largest absolute Gasteiger partial charge is 0.457 e. The number of aliphatic hydroxyl groups is 3. The molecule has 1 rings (SSSR count). The van der Waals surface area contributed by atoms with E-state index < -0.39 is 59.8 Å². The van der Waals surface area contributed by atoms with E-state index in [1.807, 2.05) is 0 Å². The van der Waals surface area contributed by atoms with Crippen molar-refractivity contribution in [2.45, 2.75) is 243 Å². The van der Waals surface area contributed by atoms with Crippen LogP contribution in [0.4, 0.5) is 0 Å². The van der Waals surface area contributed by atoms with Gasteiger partial charge in [-0.15, -0.1) is 0 Å². The lowest BCUT2D eigenvalue weighted by atomic mass is 9.99. The Hall–Kier alpha value is -2.46. The molecule has 1 aliphatic rings. The van der Waals surface area contributed by atoms with E-state index in [9.17, 15) is 33.1 Å². The number of ether oxygens (including phenoxy) is 4. The highest BCUT2D eigenvalue weighted by molar-refractivity contribution is 7.80. The molecule has 6 unspecified atom stereocenters. The van der Waals surface area contributed by atoms with Crippen molar-refractivity contribution in [1.29, 1.82) is 0 Å². The fourth-order valence-corrected chi connectivity index (χ4v) is 8.32. The van der Waals surface area contributed by atoms with Crippen LogP contribution in [0.2, 0.25) is 0 Å². The first kappa shape index (κ1) is 63.6. The molecule has 1 heterocycles. The average Bonchev–Trinajstić information content (AvgIpc) is 3.31. The van der Waals surface area contributed by atoms with Gasteiger partial charge in [-0.3, -0.25) is 9.35 Å². The van der Waals surface area contributed by atoms with Gasteiger partial charge >= 0.3 is 16.4 Å². The van der Waals surface area contributed by atoms with Crippen molar-refractivity contribution < 1.29 is 56.2 Å². The van der Waals surface area contributed by atoms with Crippen molar-refractivity contribution in [3.05, 3.63) is 72.9 Å². The van der Waals surface area contributed by atoms with Crippen molar-refractivity contribution in [3.63, 3.8) is 0 Å². The molecule has 1 aliphatic heterocycles. The van der Waals surface area contributed by atoms with Crippen molar-refractivity contribution in [1.82, 2.24) is 0 Å². The quantitative estimate of drug-likeness (QED) is 0.0197. The Morgan fingerprint density at radius 2 is 1.01 bits per heavy atom. The van der Waals surface area contributed by atoms with Crippen LogP contribution in [-0.2, 0) is 38.3 Å². The van der Waals surface area contributed by atoms with E-state index in [1.54, 1.807) is 0 Å². The molecule has 13 heteroatoms. The van der Waals surface area contributed by atoms with Gasteiger partial charge in [0.1, 0.15) is 30.5 Å². The zero-order chi connectivity index (χ0) is 49.6. The Morgan fingerprint density at radius 1 is 0.574 bits per heavy atom. The third kappa shape index (κ3) is 38.3. The SMILES string of the molecule is CC/C=C\C/C=C\C/C=C\C/C=C\C/C=C\CCCCCCCC(=O)OC(COCCCCCCCCCCCC/C=C\CCCCCCCC)COC1OC(CO)C(O)C(OS(=O)(=O)O)C1O. The third-order valence-corrected chi connectivity index (χ3v) is 12.3. The van der Waals surface area contributed by atoms with E-state index >= 15 is 0 Å². The van der Waals surface area contributed by atoms with E-state index in [1.165, 1.54) is 96.3 Å². The summed E-state index contributed by atoms with van der Waals surface area (Å²) in [6.07, 6.45) is 50.7. The lowest BCUT2D eigenvalue weighted by molar-refractivity contribution is -0.301. The number of allylic oxidation sites excluding steroid dienone is 12. The van der Waals surface area contributed by atoms with Crippen LogP contribution in [-0.4, -0.2) is 97.5 Å². The molecule has 0 saturated carbocycles. The number of unbranched alkanes of at least 4 members (excludes halogenated alkanes) is 21. The highest BCUT2D eigenvalue weighted by atomic mass is 32.3. The number of aliphatic hydroxyl groups excluding tert-OH is 3. The van der Waals surface area contributed by atoms with E-state index in [0.29, 0.717) is 13.0 Å². The highest BCUT2D eigenvalue weighted by Crippen LogP contribution is 2.26.